The molecule has 0 aromatic rings. The van der Waals surface area contributed by atoms with Gasteiger partial charge in [0.1, 0.15) is 46.0 Å². The van der Waals surface area contributed by atoms with Gasteiger partial charge in [-0.1, -0.05) is 6.92 Å². The molecule has 0 aliphatic rings. The molecule has 0 aliphatic heterocycles. The first-order chi connectivity index (χ1) is 3.85. The topological polar surface area (TPSA) is 18.5 Å². The van der Waals surface area contributed by atoms with Crippen LogP contribution in [0.4, 0.5) is 0 Å². The van der Waals surface area contributed by atoms with Crippen LogP contribution in [0.15, 0.2) is 0 Å². The van der Waals surface area contributed by atoms with Gasteiger partial charge in [0.2, 0.25) is 0 Å². The van der Waals surface area contributed by atoms with Gasteiger partial charge in [-0.3, -0.25) is 0 Å². The minimum absolute atomic E-state index is 0.257. The largest absolute Gasteiger partial charge is 0.313 e. The highest BCUT2D eigenvalue weighted by molar-refractivity contribution is 14.1. The van der Waals surface area contributed by atoms with Gasteiger partial charge in [0.25, 0.3) is 0 Å². The van der Waals surface area contributed by atoms with Gasteiger partial charge in [-0.05, 0) is 6.42 Å². The summed E-state index contributed by atoms with van der Waals surface area (Å²) in [6, 6.07) is 0. The van der Waals surface area contributed by atoms with Crippen LogP contribution < -0.4 is 0 Å². The minimum Gasteiger partial charge on any atom is -0.313 e. The van der Waals surface area contributed by atoms with Gasteiger partial charge in [0, 0.05) is 0 Å². The smallest absolute Gasteiger partial charge is 0.110 e. The zero-order chi connectivity index (χ0) is 6.41. The van der Waals surface area contributed by atoms with Gasteiger partial charge >= 0.3 is 0 Å². The molecule has 0 spiro atoms. The van der Waals surface area contributed by atoms with Gasteiger partial charge in [0.05, 0.1) is 12.7 Å². The van der Waals surface area contributed by atoms with Crippen molar-refractivity contribution in [1.29, 1.82) is 0 Å². The summed E-state index contributed by atoms with van der Waals surface area (Å²) < 4.78 is 9.81. The number of hydrogen-bond donors (Lipinski definition) is 0. The summed E-state index contributed by atoms with van der Waals surface area (Å²) in [4.78, 5) is 0. The van der Waals surface area contributed by atoms with Crippen molar-refractivity contribution in [3.8, 4) is 0 Å². The van der Waals surface area contributed by atoms with E-state index in [2.05, 4.69) is 6.92 Å². The van der Waals surface area contributed by atoms with Crippen LogP contribution in [0.3, 0.4) is 0 Å². The second-order valence-corrected chi connectivity index (χ2v) is 2.53. The summed E-state index contributed by atoms with van der Waals surface area (Å²) in [5.74, 6) is 0. The molecular weight excluding hydrogens is 334 g/mol. The van der Waals surface area contributed by atoms with Crippen LogP contribution in [0.25, 0.3) is 0 Å². The monoisotopic (exact) mass is 342 g/mol. The van der Waals surface area contributed by atoms with Crippen LogP contribution in [0.5, 0.6) is 0 Å². The summed E-state index contributed by atoms with van der Waals surface area (Å²) in [6.07, 6.45) is 1.26. The lowest BCUT2D eigenvalue weighted by Crippen LogP contribution is -2.11. The first-order valence-corrected chi connectivity index (χ1v) is 4.12. The van der Waals surface area contributed by atoms with E-state index in [9.17, 15) is 0 Å². The average Bonchev–Trinajstić information content (AvgIpc) is 1.83. The van der Waals surface area contributed by atoms with Gasteiger partial charge in [-0.15, -0.1) is 0 Å². The Labute approximate surface area is 77.7 Å². The Hall–Kier alpha value is 1.38. The van der Waals surface area contributed by atoms with Crippen molar-refractivity contribution in [2.75, 3.05) is 6.61 Å². The second kappa shape index (κ2) is 6.50. The predicted molar refractivity (Wildman–Crippen MR) is 49.2 cm³/mol. The van der Waals surface area contributed by atoms with E-state index in [0.29, 0.717) is 6.61 Å². The molecule has 0 aliphatic carbocycles. The van der Waals surface area contributed by atoms with E-state index >= 15 is 0 Å². The molecule has 1 atom stereocenters. The summed E-state index contributed by atoms with van der Waals surface area (Å²) in [7, 11) is 0. The lowest BCUT2D eigenvalue weighted by atomic mass is 10.3. The van der Waals surface area contributed by atoms with Crippen molar-refractivity contribution in [1.82, 2.24) is 0 Å². The summed E-state index contributed by atoms with van der Waals surface area (Å²) in [5, 5.41) is 0. The molecule has 2 nitrogen and oxygen atoms in total. The van der Waals surface area contributed by atoms with Crippen molar-refractivity contribution >= 4 is 46.0 Å². The highest BCUT2D eigenvalue weighted by Crippen LogP contribution is 2.04. The second-order valence-electron chi connectivity index (χ2n) is 1.40. The van der Waals surface area contributed by atoms with Crippen molar-refractivity contribution < 1.29 is 6.13 Å². The maximum absolute atomic E-state index is 4.98. The van der Waals surface area contributed by atoms with Gasteiger partial charge in [-0.2, -0.15) is 0 Å². The van der Waals surface area contributed by atoms with Crippen LogP contribution in [-0.2, 0) is 6.13 Å². The van der Waals surface area contributed by atoms with Crippen molar-refractivity contribution in [3.05, 3.63) is 0 Å². The Kier molecular flexibility index (Phi) is 7.62. The molecule has 0 N–H and O–H groups in total. The normalized spacial score (nSPS) is 13.9. The Balaban J connectivity index is 3.07. The Morgan fingerprint density at radius 2 is 2.12 bits per heavy atom. The predicted octanol–water partition coefficient (Wildman–Crippen LogP) is 2.50. The number of halogens is 2. The molecule has 0 bridgehead atoms. The average molecular weight is 342 g/mol. The SMILES string of the molecule is CCC(COI)OI. The third-order valence-corrected chi connectivity index (χ3v) is 1.91. The van der Waals surface area contributed by atoms with Gasteiger partial charge in [-0.25, -0.2) is 0 Å². The van der Waals surface area contributed by atoms with Crippen molar-refractivity contribution in [3.63, 3.8) is 0 Å². The van der Waals surface area contributed by atoms with E-state index in [4.69, 9.17) is 6.13 Å². The molecular formula is C4H8I2O2. The molecule has 0 heterocycles. The first-order valence-electron chi connectivity index (χ1n) is 2.36. The molecule has 0 fully saturated rings. The molecule has 0 saturated carbocycles. The summed E-state index contributed by atoms with van der Waals surface area (Å²) in [5.41, 5.74) is 0. The molecule has 4 heteroatoms. The van der Waals surface area contributed by atoms with Crippen LogP contribution in [0.1, 0.15) is 13.3 Å². The highest BCUT2D eigenvalue weighted by atomic mass is 127. The van der Waals surface area contributed by atoms with E-state index in [0.717, 1.165) is 6.42 Å². The fourth-order valence-corrected chi connectivity index (χ4v) is 1.18. The first kappa shape index (κ1) is 9.38. The molecule has 8 heavy (non-hydrogen) atoms. The van der Waals surface area contributed by atoms with Crippen LogP contribution in [0.2, 0.25) is 0 Å². The van der Waals surface area contributed by atoms with Crippen molar-refractivity contribution in [2.45, 2.75) is 19.4 Å². The maximum atomic E-state index is 4.98. The van der Waals surface area contributed by atoms with E-state index in [1.165, 1.54) is 0 Å². The van der Waals surface area contributed by atoms with Gasteiger partial charge < -0.3 is 6.13 Å². The molecule has 0 saturated heterocycles. The maximum Gasteiger partial charge on any atom is 0.110 e. The Morgan fingerprint density at radius 1 is 1.50 bits per heavy atom. The molecule has 0 aromatic carbocycles. The van der Waals surface area contributed by atoms with E-state index in [-0.39, 0.29) is 6.10 Å². The van der Waals surface area contributed by atoms with Gasteiger partial charge in [0.15, 0.2) is 0 Å². The quantitative estimate of drug-likeness (QED) is 0.731. The molecule has 1 unspecified atom stereocenters. The van der Waals surface area contributed by atoms with Crippen molar-refractivity contribution in [2.24, 2.45) is 0 Å². The molecule has 0 aromatic heterocycles. The molecule has 0 radical (unpaired) electrons. The minimum atomic E-state index is 0.257. The Bertz CT molecular complexity index is 47.3. The zero-order valence-electron chi connectivity index (χ0n) is 4.56. The van der Waals surface area contributed by atoms with E-state index in [1.54, 1.807) is 0 Å². The zero-order valence-corrected chi connectivity index (χ0v) is 8.88. The highest BCUT2D eigenvalue weighted by Gasteiger charge is 2.02. The molecule has 0 rings (SSSR count). The lowest BCUT2D eigenvalue weighted by Gasteiger charge is -2.06. The standard InChI is InChI=1S/C4H8I2O2/c1-2-4(8-6)3-7-5/h4H,2-3H2,1H3. The third-order valence-electron chi connectivity index (χ3n) is 0.830. The summed E-state index contributed by atoms with van der Waals surface area (Å²) in [6.45, 7) is 2.75. The molecule has 50 valence electrons. The Morgan fingerprint density at radius 3 is 2.25 bits per heavy atom. The van der Waals surface area contributed by atoms with E-state index in [1.807, 2.05) is 46.0 Å². The lowest BCUT2D eigenvalue weighted by molar-refractivity contribution is 0.203. The summed E-state index contributed by atoms with van der Waals surface area (Å²) >= 11 is 3.76. The number of rotatable bonds is 4. The fourth-order valence-electron chi connectivity index (χ4n) is 0.277. The number of hydrogen-bond acceptors (Lipinski definition) is 2. The fraction of sp³-hybridized carbons (Fsp3) is 1.00. The third kappa shape index (κ3) is 4.28. The van der Waals surface area contributed by atoms with Crippen LogP contribution in [0, 0.1) is 0 Å². The molecule has 0 amide bonds. The van der Waals surface area contributed by atoms with E-state index < -0.39 is 0 Å². The van der Waals surface area contributed by atoms with Crippen LogP contribution >= 0.6 is 46.0 Å². The van der Waals surface area contributed by atoms with Crippen LogP contribution in [-0.4, -0.2) is 12.7 Å².